The number of carbonyl (C=O) groups excluding carboxylic acids is 1. The lowest BCUT2D eigenvalue weighted by Crippen LogP contribution is -2.12. The Kier molecular flexibility index (Phi) is 5.89. The van der Waals surface area contributed by atoms with Crippen LogP contribution in [-0.2, 0) is 17.0 Å². The number of benzene rings is 2. The van der Waals surface area contributed by atoms with E-state index >= 15 is 0 Å². The lowest BCUT2D eigenvalue weighted by molar-refractivity contribution is -0.116. The minimum absolute atomic E-state index is 0.0740. The van der Waals surface area contributed by atoms with E-state index < -0.39 is 0 Å². The van der Waals surface area contributed by atoms with E-state index in [1.165, 1.54) is 11.3 Å². The van der Waals surface area contributed by atoms with Crippen molar-refractivity contribution in [2.24, 2.45) is 0 Å². The van der Waals surface area contributed by atoms with Gasteiger partial charge in [-0.2, -0.15) is 5.26 Å². The number of nitriles is 1. The van der Waals surface area contributed by atoms with E-state index in [4.69, 9.17) is 5.26 Å². The summed E-state index contributed by atoms with van der Waals surface area (Å²) in [7, 11) is 0. The molecule has 1 amide bonds. The van der Waals surface area contributed by atoms with Crippen LogP contribution in [0.25, 0.3) is 10.9 Å². The number of aromatic amines is 1. The molecule has 2 aromatic heterocycles. The van der Waals surface area contributed by atoms with Crippen LogP contribution < -0.4 is 5.32 Å². The zero-order chi connectivity index (χ0) is 20.1. The number of fused-ring (bicyclic) bond motifs is 1. The molecule has 0 aliphatic rings. The van der Waals surface area contributed by atoms with Gasteiger partial charge in [0.15, 0.2) is 4.34 Å². The SMILES string of the molecule is N#Cc1ccc(CSc2nnc(NC(=O)CCc3c[nH]c4ccccc34)s2)cc1. The third kappa shape index (κ3) is 4.83. The first-order valence-corrected chi connectivity index (χ1v) is 10.8. The largest absolute Gasteiger partial charge is 0.361 e. The number of hydrogen-bond donors (Lipinski definition) is 2. The van der Waals surface area contributed by atoms with E-state index in [1.807, 2.05) is 36.5 Å². The Balaban J connectivity index is 1.28. The number of nitrogens with zero attached hydrogens (tertiary/aromatic N) is 3. The average Bonchev–Trinajstić information content (AvgIpc) is 3.38. The van der Waals surface area contributed by atoms with E-state index in [9.17, 15) is 4.79 Å². The van der Waals surface area contributed by atoms with Crippen molar-refractivity contribution in [1.29, 1.82) is 5.26 Å². The average molecular weight is 420 g/mol. The van der Waals surface area contributed by atoms with Gasteiger partial charge in [-0.05, 0) is 35.7 Å². The van der Waals surface area contributed by atoms with Crippen LogP contribution in [0.15, 0.2) is 59.1 Å². The molecule has 29 heavy (non-hydrogen) atoms. The van der Waals surface area contributed by atoms with Crippen LogP contribution in [0.5, 0.6) is 0 Å². The van der Waals surface area contributed by atoms with Gasteiger partial charge in [0, 0.05) is 29.3 Å². The fourth-order valence-corrected chi connectivity index (χ4v) is 4.63. The normalized spacial score (nSPS) is 10.7. The van der Waals surface area contributed by atoms with Crippen molar-refractivity contribution in [2.75, 3.05) is 5.32 Å². The van der Waals surface area contributed by atoms with Crippen LogP contribution in [0.2, 0.25) is 0 Å². The van der Waals surface area contributed by atoms with E-state index in [0.717, 1.165) is 32.1 Å². The Morgan fingerprint density at radius 3 is 2.83 bits per heavy atom. The Morgan fingerprint density at radius 2 is 2.00 bits per heavy atom. The zero-order valence-corrected chi connectivity index (χ0v) is 17.0. The van der Waals surface area contributed by atoms with Crippen LogP contribution >= 0.6 is 23.1 Å². The molecule has 2 heterocycles. The first-order valence-electron chi connectivity index (χ1n) is 9.01. The number of aromatic nitrogens is 3. The Morgan fingerprint density at radius 1 is 1.17 bits per heavy atom. The molecule has 0 atom stereocenters. The maximum absolute atomic E-state index is 12.3. The second kappa shape index (κ2) is 8.90. The maximum atomic E-state index is 12.3. The molecule has 2 N–H and O–H groups in total. The van der Waals surface area contributed by atoms with Gasteiger partial charge >= 0.3 is 0 Å². The van der Waals surface area contributed by atoms with Crippen molar-refractivity contribution in [1.82, 2.24) is 15.2 Å². The molecular formula is C21H17N5OS2. The number of hydrogen-bond acceptors (Lipinski definition) is 6. The summed E-state index contributed by atoms with van der Waals surface area (Å²) in [6.07, 6.45) is 3.00. The minimum atomic E-state index is -0.0740. The molecule has 8 heteroatoms. The summed E-state index contributed by atoms with van der Waals surface area (Å²) in [5, 5.41) is 21.5. The number of nitrogens with one attached hydrogen (secondary N) is 2. The maximum Gasteiger partial charge on any atom is 0.226 e. The topological polar surface area (TPSA) is 94.5 Å². The van der Waals surface area contributed by atoms with E-state index in [2.05, 4.69) is 32.6 Å². The highest BCUT2D eigenvalue weighted by Crippen LogP contribution is 2.28. The monoisotopic (exact) mass is 419 g/mol. The third-order valence-electron chi connectivity index (χ3n) is 4.39. The van der Waals surface area contributed by atoms with Gasteiger partial charge < -0.3 is 10.3 Å². The molecule has 0 aliphatic heterocycles. The van der Waals surface area contributed by atoms with Gasteiger partial charge in [0.1, 0.15) is 0 Å². The van der Waals surface area contributed by atoms with E-state index in [-0.39, 0.29) is 5.91 Å². The highest BCUT2D eigenvalue weighted by Gasteiger charge is 2.11. The lowest BCUT2D eigenvalue weighted by Gasteiger charge is -2.01. The van der Waals surface area contributed by atoms with E-state index in [0.29, 0.717) is 23.5 Å². The lowest BCUT2D eigenvalue weighted by atomic mass is 10.1. The second-order valence-electron chi connectivity index (χ2n) is 6.38. The first-order chi connectivity index (χ1) is 14.2. The van der Waals surface area contributed by atoms with Gasteiger partial charge in [-0.3, -0.25) is 4.79 Å². The highest BCUT2D eigenvalue weighted by atomic mass is 32.2. The van der Waals surface area contributed by atoms with Crippen molar-refractivity contribution < 1.29 is 4.79 Å². The van der Waals surface area contributed by atoms with Crippen LogP contribution in [-0.4, -0.2) is 21.1 Å². The summed E-state index contributed by atoms with van der Waals surface area (Å²) in [6, 6.07) is 17.6. The number of carbonyl (C=O) groups is 1. The minimum Gasteiger partial charge on any atom is -0.361 e. The number of H-pyrrole nitrogens is 1. The molecule has 144 valence electrons. The van der Waals surface area contributed by atoms with Crippen LogP contribution in [0, 0.1) is 11.3 Å². The molecule has 0 saturated heterocycles. The zero-order valence-electron chi connectivity index (χ0n) is 15.4. The Hall–Kier alpha value is -3.15. The summed E-state index contributed by atoms with van der Waals surface area (Å²) >= 11 is 2.92. The van der Waals surface area contributed by atoms with Gasteiger partial charge in [0.05, 0.1) is 11.6 Å². The number of anilines is 1. The Bertz CT molecular complexity index is 1170. The van der Waals surface area contributed by atoms with Crippen molar-refractivity contribution >= 4 is 45.0 Å². The first kappa shape index (κ1) is 19.2. The summed E-state index contributed by atoms with van der Waals surface area (Å²) in [5.41, 5.74) is 3.96. The molecule has 0 unspecified atom stereocenters. The van der Waals surface area contributed by atoms with Crippen molar-refractivity contribution in [3.05, 3.63) is 71.4 Å². The number of para-hydroxylation sites is 1. The molecule has 0 radical (unpaired) electrons. The van der Waals surface area contributed by atoms with Crippen LogP contribution in [0.3, 0.4) is 0 Å². The molecule has 6 nitrogen and oxygen atoms in total. The quantitative estimate of drug-likeness (QED) is 0.333. The molecule has 0 spiro atoms. The Labute approximate surface area is 176 Å². The molecule has 0 bridgehead atoms. The molecule has 4 rings (SSSR count). The standard InChI is InChI=1S/C21H17N5OS2/c22-11-14-5-7-15(8-6-14)13-28-21-26-25-20(29-21)24-19(27)10-9-16-12-23-18-4-2-1-3-17(16)18/h1-8,12,23H,9-10,13H2,(H,24,25,27). The van der Waals surface area contributed by atoms with Gasteiger partial charge in [-0.1, -0.05) is 53.4 Å². The number of rotatable bonds is 7. The van der Waals surface area contributed by atoms with Gasteiger partial charge in [0.25, 0.3) is 0 Å². The molecule has 4 aromatic rings. The number of thioether (sulfide) groups is 1. The van der Waals surface area contributed by atoms with Crippen LogP contribution in [0.1, 0.15) is 23.1 Å². The molecule has 0 aliphatic carbocycles. The van der Waals surface area contributed by atoms with Gasteiger partial charge in [0.2, 0.25) is 11.0 Å². The van der Waals surface area contributed by atoms with Crippen molar-refractivity contribution in [3.63, 3.8) is 0 Å². The van der Waals surface area contributed by atoms with E-state index in [1.54, 1.807) is 23.9 Å². The number of amides is 1. The smallest absolute Gasteiger partial charge is 0.226 e. The second-order valence-corrected chi connectivity index (χ2v) is 8.58. The predicted octanol–water partition coefficient (Wildman–Crippen LogP) is 4.75. The van der Waals surface area contributed by atoms with Crippen molar-refractivity contribution in [2.45, 2.75) is 22.9 Å². The molecule has 0 fully saturated rings. The third-order valence-corrected chi connectivity index (χ3v) is 6.44. The number of aryl methyl sites for hydroxylation is 1. The summed E-state index contributed by atoms with van der Waals surface area (Å²) in [5.74, 6) is 0.657. The summed E-state index contributed by atoms with van der Waals surface area (Å²) in [4.78, 5) is 15.5. The van der Waals surface area contributed by atoms with Gasteiger partial charge in [-0.15, -0.1) is 10.2 Å². The predicted molar refractivity (Wildman–Crippen MR) is 116 cm³/mol. The summed E-state index contributed by atoms with van der Waals surface area (Å²) < 4.78 is 0.793. The van der Waals surface area contributed by atoms with Gasteiger partial charge in [-0.25, -0.2) is 0 Å². The molecule has 2 aromatic carbocycles. The molecular weight excluding hydrogens is 402 g/mol. The highest BCUT2D eigenvalue weighted by molar-refractivity contribution is 8.00. The summed E-state index contributed by atoms with van der Waals surface area (Å²) in [6.45, 7) is 0. The molecule has 0 saturated carbocycles. The fourth-order valence-electron chi connectivity index (χ4n) is 2.91. The van der Waals surface area contributed by atoms with Crippen molar-refractivity contribution in [3.8, 4) is 6.07 Å². The fraction of sp³-hybridized carbons (Fsp3) is 0.143. The van der Waals surface area contributed by atoms with Crippen LogP contribution in [0.4, 0.5) is 5.13 Å².